The van der Waals surface area contributed by atoms with Crippen molar-refractivity contribution in [1.82, 2.24) is 10.2 Å². The Morgan fingerprint density at radius 2 is 1.43 bits per heavy atom. The van der Waals surface area contributed by atoms with Gasteiger partial charge in [-0.05, 0) is 75.1 Å². The fourth-order valence-electron chi connectivity index (χ4n) is 5.21. The summed E-state index contributed by atoms with van der Waals surface area (Å²) >= 11 is 0. The predicted molar refractivity (Wildman–Crippen MR) is 176 cm³/mol. The number of aryl methyl sites for hydroxylation is 3. The van der Waals surface area contributed by atoms with E-state index in [1.807, 2.05) is 95.3 Å². The lowest BCUT2D eigenvalue weighted by atomic mass is 10.0. The molecule has 0 saturated carbocycles. The molecule has 0 aliphatic heterocycles. The highest BCUT2D eigenvalue weighted by Crippen LogP contribution is 2.29. The SMILES string of the molecule is CCNC(=O)C(Cc1ccccc1)N(Cc1cccc(C)c1)C(=O)CN(c1cccc(C)c1C)S(=O)(=O)c1ccc(C)cc1. The van der Waals surface area contributed by atoms with Crippen molar-refractivity contribution in [3.63, 3.8) is 0 Å². The maximum atomic E-state index is 14.5. The Kier molecular flexibility index (Phi) is 10.6. The summed E-state index contributed by atoms with van der Waals surface area (Å²) in [5.41, 5.74) is 5.77. The second kappa shape index (κ2) is 14.4. The van der Waals surface area contributed by atoms with Gasteiger partial charge in [-0.1, -0.05) is 90.0 Å². The first kappa shape index (κ1) is 32.5. The molecule has 4 aromatic rings. The van der Waals surface area contributed by atoms with E-state index in [4.69, 9.17) is 0 Å². The Hall–Kier alpha value is -4.43. The fraction of sp³-hybridized carbons (Fsp3) is 0.278. The van der Waals surface area contributed by atoms with E-state index in [0.717, 1.165) is 33.4 Å². The van der Waals surface area contributed by atoms with Crippen LogP contribution in [0.1, 0.15) is 40.3 Å². The zero-order valence-electron chi connectivity index (χ0n) is 26.1. The van der Waals surface area contributed by atoms with E-state index in [9.17, 15) is 18.0 Å². The van der Waals surface area contributed by atoms with E-state index < -0.39 is 28.5 Å². The molecule has 0 heterocycles. The number of carbonyl (C=O) groups excluding carboxylic acids is 2. The molecule has 0 fully saturated rings. The van der Waals surface area contributed by atoms with Gasteiger partial charge in [0.25, 0.3) is 10.0 Å². The Balaban J connectivity index is 1.83. The molecule has 44 heavy (non-hydrogen) atoms. The molecule has 0 aliphatic rings. The number of carbonyl (C=O) groups is 2. The highest BCUT2D eigenvalue weighted by Gasteiger charge is 2.35. The number of amides is 2. The van der Waals surface area contributed by atoms with Crippen molar-refractivity contribution >= 4 is 27.5 Å². The second-order valence-corrected chi connectivity index (χ2v) is 13.0. The molecule has 8 heteroatoms. The molecule has 0 aliphatic carbocycles. The summed E-state index contributed by atoms with van der Waals surface area (Å²) in [6, 6.07) is 28.5. The molecule has 1 N–H and O–H groups in total. The minimum atomic E-state index is -4.15. The lowest BCUT2D eigenvalue weighted by Gasteiger charge is -2.34. The average Bonchev–Trinajstić information content (AvgIpc) is 3.00. The molecule has 1 unspecified atom stereocenters. The van der Waals surface area contributed by atoms with Crippen molar-refractivity contribution in [2.75, 3.05) is 17.4 Å². The number of hydrogen-bond donors (Lipinski definition) is 1. The number of likely N-dealkylation sites (N-methyl/N-ethyl adjacent to an activating group) is 1. The van der Waals surface area contributed by atoms with Crippen LogP contribution in [0.4, 0.5) is 5.69 Å². The van der Waals surface area contributed by atoms with Gasteiger partial charge in [0, 0.05) is 19.5 Å². The number of nitrogens with zero attached hydrogens (tertiary/aromatic N) is 2. The highest BCUT2D eigenvalue weighted by atomic mass is 32.2. The largest absolute Gasteiger partial charge is 0.355 e. The van der Waals surface area contributed by atoms with Crippen LogP contribution in [0, 0.1) is 27.7 Å². The third-order valence-electron chi connectivity index (χ3n) is 7.79. The fourth-order valence-corrected chi connectivity index (χ4v) is 6.68. The Morgan fingerprint density at radius 3 is 2.09 bits per heavy atom. The molecule has 7 nitrogen and oxygen atoms in total. The van der Waals surface area contributed by atoms with Gasteiger partial charge in [-0.25, -0.2) is 8.42 Å². The molecule has 0 bridgehead atoms. The smallest absolute Gasteiger partial charge is 0.264 e. The maximum absolute atomic E-state index is 14.5. The van der Waals surface area contributed by atoms with Gasteiger partial charge in [-0.2, -0.15) is 0 Å². The van der Waals surface area contributed by atoms with Gasteiger partial charge in [-0.3, -0.25) is 13.9 Å². The molecule has 0 saturated heterocycles. The average molecular weight is 612 g/mol. The summed E-state index contributed by atoms with van der Waals surface area (Å²) in [5.74, 6) is -0.771. The van der Waals surface area contributed by atoms with Gasteiger partial charge in [0.15, 0.2) is 0 Å². The molecule has 4 aromatic carbocycles. The summed E-state index contributed by atoms with van der Waals surface area (Å²) in [4.78, 5) is 29.8. The summed E-state index contributed by atoms with van der Waals surface area (Å²) in [6.45, 7) is 9.51. The van der Waals surface area contributed by atoms with Crippen molar-refractivity contribution < 1.29 is 18.0 Å². The molecular weight excluding hydrogens is 570 g/mol. The minimum absolute atomic E-state index is 0.0894. The molecule has 0 aromatic heterocycles. The van der Waals surface area contributed by atoms with Crippen LogP contribution in [0.3, 0.4) is 0 Å². The molecular formula is C36H41N3O4S. The molecule has 230 valence electrons. The summed E-state index contributed by atoms with van der Waals surface area (Å²) < 4.78 is 29.7. The molecule has 4 rings (SSSR count). The monoisotopic (exact) mass is 611 g/mol. The summed E-state index contributed by atoms with van der Waals surface area (Å²) in [6.07, 6.45) is 0.276. The van der Waals surface area contributed by atoms with Gasteiger partial charge < -0.3 is 10.2 Å². The first-order valence-corrected chi connectivity index (χ1v) is 16.3. The van der Waals surface area contributed by atoms with Crippen LogP contribution in [0.5, 0.6) is 0 Å². The summed E-state index contributed by atoms with van der Waals surface area (Å²) in [5, 5.41) is 2.90. The van der Waals surface area contributed by atoms with Crippen molar-refractivity contribution in [2.45, 2.75) is 58.5 Å². The van der Waals surface area contributed by atoms with Crippen LogP contribution < -0.4 is 9.62 Å². The van der Waals surface area contributed by atoms with Crippen molar-refractivity contribution in [3.05, 3.63) is 130 Å². The van der Waals surface area contributed by atoms with Crippen LogP contribution in [-0.4, -0.2) is 44.3 Å². The standard InChI is InChI=1S/C36H41N3O4S/c1-6-37-36(41)34(23-30-14-8-7-9-15-30)38(24-31-16-10-12-27(3)22-31)35(40)25-39(33-17-11-13-28(4)29(33)5)44(42,43)32-20-18-26(2)19-21-32/h7-22,34H,6,23-25H2,1-5H3,(H,37,41). The molecule has 0 radical (unpaired) electrons. The number of benzene rings is 4. The Labute approximate surface area is 261 Å². The van der Waals surface area contributed by atoms with Crippen molar-refractivity contribution in [2.24, 2.45) is 0 Å². The first-order chi connectivity index (χ1) is 21.0. The number of rotatable bonds is 12. The van der Waals surface area contributed by atoms with E-state index in [1.165, 1.54) is 9.21 Å². The van der Waals surface area contributed by atoms with Gasteiger partial charge in [0.1, 0.15) is 12.6 Å². The number of anilines is 1. The van der Waals surface area contributed by atoms with E-state index >= 15 is 0 Å². The topological polar surface area (TPSA) is 86.8 Å². The third-order valence-corrected chi connectivity index (χ3v) is 9.56. The Bertz CT molecular complexity index is 1700. The lowest BCUT2D eigenvalue weighted by Crippen LogP contribution is -2.53. The molecule has 1 atom stereocenters. The predicted octanol–water partition coefficient (Wildman–Crippen LogP) is 5.89. The zero-order chi connectivity index (χ0) is 31.9. The Morgan fingerprint density at radius 1 is 0.773 bits per heavy atom. The number of hydrogen-bond acceptors (Lipinski definition) is 4. The van der Waals surface area contributed by atoms with Crippen LogP contribution in [0.2, 0.25) is 0 Å². The minimum Gasteiger partial charge on any atom is -0.355 e. The molecule has 2 amide bonds. The first-order valence-electron chi connectivity index (χ1n) is 14.8. The van der Waals surface area contributed by atoms with Crippen LogP contribution >= 0.6 is 0 Å². The highest BCUT2D eigenvalue weighted by molar-refractivity contribution is 7.92. The number of sulfonamides is 1. The maximum Gasteiger partial charge on any atom is 0.264 e. The molecule has 0 spiro atoms. The quantitative estimate of drug-likeness (QED) is 0.216. The van der Waals surface area contributed by atoms with Crippen LogP contribution in [0.15, 0.2) is 102 Å². The zero-order valence-corrected chi connectivity index (χ0v) is 26.9. The van der Waals surface area contributed by atoms with Gasteiger partial charge in [0.05, 0.1) is 10.6 Å². The van der Waals surface area contributed by atoms with Crippen LogP contribution in [-0.2, 0) is 32.6 Å². The van der Waals surface area contributed by atoms with Crippen molar-refractivity contribution in [1.29, 1.82) is 0 Å². The van der Waals surface area contributed by atoms with E-state index in [-0.39, 0.29) is 23.8 Å². The summed E-state index contributed by atoms with van der Waals surface area (Å²) in [7, 11) is -4.15. The third kappa shape index (κ3) is 7.74. The normalized spacial score (nSPS) is 11.9. The van der Waals surface area contributed by atoms with E-state index in [2.05, 4.69) is 5.32 Å². The second-order valence-electron chi connectivity index (χ2n) is 11.2. The number of nitrogens with one attached hydrogen (secondary N) is 1. The van der Waals surface area contributed by atoms with Crippen molar-refractivity contribution in [3.8, 4) is 0 Å². The lowest BCUT2D eigenvalue weighted by molar-refractivity contribution is -0.140. The van der Waals surface area contributed by atoms with Gasteiger partial charge in [0.2, 0.25) is 11.8 Å². The van der Waals surface area contributed by atoms with Gasteiger partial charge >= 0.3 is 0 Å². The van der Waals surface area contributed by atoms with Crippen LogP contribution in [0.25, 0.3) is 0 Å². The van der Waals surface area contributed by atoms with Gasteiger partial charge in [-0.15, -0.1) is 0 Å². The van der Waals surface area contributed by atoms with E-state index in [0.29, 0.717) is 12.2 Å². The van der Waals surface area contributed by atoms with E-state index in [1.54, 1.807) is 36.4 Å².